The van der Waals surface area contributed by atoms with E-state index in [1.165, 1.54) is 36.7 Å². The molecule has 8 nitrogen and oxygen atoms in total. The zero-order valence-corrected chi connectivity index (χ0v) is 15.1. The van der Waals surface area contributed by atoms with E-state index >= 15 is 0 Å². The Kier molecular flexibility index (Phi) is 5.26. The molecule has 3 heterocycles. The molecule has 0 aromatic carbocycles. The fourth-order valence-corrected chi connectivity index (χ4v) is 3.95. The van der Waals surface area contributed by atoms with Gasteiger partial charge in [0.1, 0.15) is 6.10 Å². The van der Waals surface area contributed by atoms with E-state index in [-0.39, 0.29) is 18.0 Å². The topological polar surface area (TPSA) is 85.5 Å². The van der Waals surface area contributed by atoms with Crippen molar-refractivity contribution < 1.29 is 9.53 Å². The molecule has 0 radical (unpaired) electrons. The SMILES string of the molecule is O=C(OC1CCCCCCC1)C1CCN(c2ccc3nnnn3n2)CC1. The van der Waals surface area contributed by atoms with E-state index in [1.54, 1.807) is 0 Å². The highest BCUT2D eigenvalue weighted by atomic mass is 16.5. The maximum absolute atomic E-state index is 12.6. The molecule has 0 unspecified atom stereocenters. The molecule has 1 saturated carbocycles. The monoisotopic (exact) mass is 358 g/mol. The molecule has 0 bridgehead atoms. The highest BCUT2D eigenvalue weighted by Gasteiger charge is 2.29. The fraction of sp³-hybridized carbons (Fsp3) is 0.722. The van der Waals surface area contributed by atoms with E-state index in [0.29, 0.717) is 5.65 Å². The summed E-state index contributed by atoms with van der Waals surface area (Å²) >= 11 is 0. The standard InChI is InChI=1S/C18H26N6O2/c25-18(26-15-6-4-2-1-3-5-7-15)14-10-12-23(13-11-14)17-9-8-16-19-21-22-24(16)20-17/h8-9,14-15H,1-7,10-13H2. The van der Waals surface area contributed by atoms with Crippen LogP contribution in [0, 0.1) is 5.92 Å². The van der Waals surface area contributed by atoms with E-state index in [4.69, 9.17) is 4.74 Å². The maximum Gasteiger partial charge on any atom is 0.309 e. The summed E-state index contributed by atoms with van der Waals surface area (Å²) in [6, 6.07) is 3.79. The van der Waals surface area contributed by atoms with Gasteiger partial charge in [0.15, 0.2) is 11.5 Å². The molecule has 0 atom stereocenters. The minimum absolute atomic E-state index is 0.000823. The molecule has 4 rings (SSSR count). The number of aromatic nitrogens is 5. The van der Waals surface area contributed by atoms with Gasteiger partial charge in [-0.3, -0.25) is 4.79 Å². The van der Waals surface area contributed by atoms with Gasteiger partial charge < -0.3 is 9.64 Å². The van der Waals surface area contributed by atoms with Crippen LogP contribution >= 0.6 is 0 Å². The Morgan fingerprint density at radius 2 is 1.73 bits per heavy atom. The normalized spacial score (nSPS) is 20.7. The number of nitrogens with zero attached hydrogens (tertiary/aromatic N) is 6. The lowest BCUT2D eigenvalue weighted by Gasteiger charge is -2.32. The maximum atomic E-state index is 12.6. The van der Waals surface area contributed by atoms with Crippen LogP contribution in [0.3, 0.4) is 0 Å². The second-order valence-electron chi connectivity index (χ2n) is 7.38. The van der Waals surface area contributed by atoms with Crippen molar-refractivity contribution in [3.8, 4) is 0 Å². The van der Waals surface area contributed by atoms with Crippen LogP contribution in [0.25, 0.3) is 5.65 Å². The van der Waals surface area contributed by atoms with Gasteiger partial charge in [-0.05, 0) is 61.1 Å². The number of ether oxygens (including phenoxy) is 1. The summed E-state index contributed by atoms with van der Waals surface area (Å²) in [6.45, 7) is 1.59. The highest BCUT2D eigenvalue weighted by molar-refractivity contribution is 5.73. The number of esters is 1. The van der Waals surface area contributed by atoms with Crippen LogP contribution in [0.5, 0.6) is 0 Å². The Hall–Kier alpha value is -2.25. The number of tetrazole rings is 1. The number of anilines is 1. The second-order valence-corrected chi connectivity index (χ2v) is 7.38. The van der Waals surface area contributed by atoms with Crippen LogP contribution < -0.4 is 4.90 Å². The molecule has 2 fully saturated rings. The molecule has 0 N–H and O–H groups in total. The largest absolute Gasteiger partial charge is 0.462 e. The van der Waals surface area contributed by atoms with Gasteiger partial charge >= 0.3 is 5.97 Å². The van der Waals surface area contributed by atoms with Gasteiger partial charge in [-0.2, -0.15) is 0 Å². The molecular weight excluding hydrogens is 332 g/mol. The van der Waals surface area contributed by atoms with Crippen LogP contribution in [0.15, 0.2) is 12.1 Å². The molecular formula is C18H26N6O2. The Morgan fingerprint density at radius 1 is 1.00 bits per heavy atom. The fourth-order valence-electron chi connectivity index (χ4n) is 3.95. The van der Waals surface area contributed by atoms with Gasteiger partial charge in [-0.25, -0.2) is 0 Å². The molecule has 1 saturated heterocycles. The lowest BCUT2D eigenvalue weighted by atomic mass is 9.96. The number of piperidine rings is 1. The first-order valence-corrected chi connectivity index (χ1v) is 9.80. The zero-order valence-electron chi connectivity index (χ0n) is 15.1. The Balaban J connectivity index is 1.30. The average Bonchev–Trinajstić information content (AvgIpc) is 3.11. The number of rotatable bonds is 3. The summed E-state index contributed by atoms with van der Waals surface area (Å²) < 4.78 is 7.29. The number of carbonyl (C=O) groups excluding carboxylic acids is 1. The molecule has 2 aromatic heterocycles. The summed E-state index contributed by atoms with van der Waals surface area (Å²) in [5.74, 6) is 0.851. The van der Waals surface area contributed by atoms with Crippen molar-refractivity contribution in [2.75, 3.05) is 18.0 Å². The smallest absolute Gasteiger partial charge is 0.309 e. The van der Waals surface area contributed by atoms with Gasteiger partial charge in [0, 0.05) is 13.1 Å². The van der Waals surface area contributed by atoms with E-state index < -0.39 is 0 Å². The third kappa shape index (κ3) is 3.94. The van der Waals surface area contributed by atoms with Gasteiger partial charge in [-0.1, -0.05) is 19.3 Å². The third-order valence-corrected chi connectivity index (χ3v) is 5.54. The first-order valence-electron chi connectivity index (χ1n) is 9.80. The Bertz CT molecular complexity index is 732. The molecule has 8 heteroatoms. The number of fused-ring (bicyclic) bond motifs is 1. The third-order valence-electron chi connectivity index (χ3n) is 5.54. The predicted octanol–water partition coefficient (Wildman–Crippen LogP) is 2.39. The predicted molar refractivity (Wildman–Crippen MR) is 95.7 cm³/mol. The molecule has 0 spiro atoms. The number of carbonyl (C=O) groups is 1. The van der Waals surface area contributed by atoms with E-state index in [0.717, 1.165) is 44.6 Å². The minimum atomic E-state index is -0.000823. The van der Waals surface area contributed by atoms with Crippen molar-refractivity contribution in [3.05, 3.63) is 12.1 Å². The first-order chi connectivity index (χ1) is 12.8. The molecule has 0 amide bonds. The summed E-state index contributed by atoms with van der Waals surface area (Å²) in [5, 5.41) is 15.8. The van der Waals surface area contributed by atoms with E-state index in [2.05, 4.69) is 25.5 Å². The Labute approximate surface area is 152 Å². The van der Waals surface area contributed by atoms with Gasteiger partial charge in [-0.15, -0.1) is 14.8 Å². The van der Waals surface area contributed by atoms with Crippen LogP contribution in [-0.2, 0) is 9.53 Å². The van der Waals surface area contributed by atoms with Crippen LogP contribution in [0.2, 0.25) is 0 Å². The van der Waals surface area contributed by atoms with Crippen LogP contribution in [0.4, 0.5) is 5.82 Å². The van der Waals surface area contributed by atoms with Crippen molar-refractivity contribution in [1.82, 2.24) is 25.3 Å². The van der Waals surface area contributed by atoms with Gasteiger partial charge in [0.05, 0.1) is 5.92 Å². The Morgan fingerprint density at radius 3 is 2.50 bits per heavy atom. The lowest BCUT2D eigenvalue weighted by molar-refractivity contribution is -0.155. The molecule has 140 valence electrons. The summed E-state index contributed by atoms with van der Waals surface area (Å²) in [4.78, 5) is 14.7. The van der Waals surface area contributed by atoms with Crippen molar-refractivity contribution in [3.63, 3.8) is 0 Å². The number of hydrogen-bond donors (Lipinski definition) is 0. The van der Waals surface area contributed by atoms with Crippen molar-refractivity contribution >= 4 is 17.4 Å². The molecule has 26 heavy (non-hydrogen) atoms. The second kappa shape index (κ2) is 7.97. The van der Waals surface area contributed by atoms with Crippen LogP contribution in [-0.4, -0.2) is 50.4 Å². The van der Waals surface area contributed by atoms with Gasteiger partial charge in [0.25, 0.3) is 0 Å². The van der Waals surface area contributed by atoms with E-state index in [1.807, 2.05) is 12.1 Å². The first kappa shape index (κ1) is 17.2. The van der Waals surface area contributed by atoms with Crippen molar-refractivity contribution in [2.45, 2.75) is 63.9 Å². The summed E-state index contributed by atoms with van der Waals surface area (Å²) in [7, 11) is 0. The lowest BCUT2D eigenvalue weighted by Crippen LogP contribution is -2.38. The van der Waals surface area contributed by atoms with Crippen molar-refractivity contribution in [2.24, 2.45) is 5.92 Å². The number of hydrogen-bond acceptors (Lipinski definition) is 7. The summed E-state index contributed by atoms with van der Waals surface area (Å²) in [5.41, 5.74) is 0.631. The van der Waals surface area contributed by atoms with Gasteiger partial charge in [0.2, 0.25) is 0 Å². The molecule has 2 aromatic rings. The zero-order chi connectivity index (χ0) is 17.8. The van der Waals surface area contributed by atoms with Crippen LogP contribution in [0.1, 0.15) is 57.8 Å². The van der Waals surface area contributed by atoms with Crippen molar-refractivity contribution in [1.29, 1.82) is 0 Å². The minimum Gasteiger partial charge on any atom is -0.462 e. The molecule has 2 aliphatic rings. The molecule has 1 aliphatic carbocycles. The summed E-state index contributed by atoms with van der Waals surface area (Å²) in [6.07, 6.45) is 10.0. The highest BCUT2D eigenvalue weighted by Crippen LogP contribution is 2.25. The molecule has 1 aliphatic heterocycles. The quantitative estimate of drug-likeness (QED) is 0.779. The average molecular weight is 358 g/mol. The van der Waals surface area contributed by atoms with E-state index in [9.17, 15) is 4.79 Å².